The second kappa shape index (κ2) is 3.30. The summed E-state index contributed by atoms with van der Waals surface area (Å²) in [6, 6.07) is 2.62. The van der Waals surface area contributed by atoms with Crippen molar-refractivity contribution in [1.29, 1.82) is 0 Å². The summed E-state index contributed by atoms with van der Waals surface area (Å²) in [6.07, 6.45) is 0.529. The lowest BCUT2D eigenvalue weighted by Crippen LogP contribution is -2.10. The first-order valence-electron chi connectivity index (χ1n) is 3.31. The fourth-order valence-corrected chi connectivity index (χ4v) is 0.874. The highest BCUT2D eigenvalue weighted by atomic mass is 19.1. The Morgan fingerprint density at radius 1 is 1.55 bits per heavy atom. The van der Waals surface area contributed by atoms with E-state index in [0.717, 1.165) is 0 Å². The molecule has 4 heteroatoms. The smallest absolute Gasteiger partial charge is 0.250 e. The second-order valence-corrected chi connectivity index (χ2v) is 2.24. The number of halogens is 1. The monoisotopic (exact) mass is 156 g/mol. The molecule has 11 heavy (non-hydrogen) atoms. The third kappa shape index (κ3) is 2.16. The summed E-state index contributed by atoms with van der Waals surface area (Å²) in [5.41, 5.74) is 5.44. The van der Waals surface area contributed by atoms with E-state index in [1.165, 1.54) is 12.1 Å². The van der Waals surface area contributed by atoms with Crippen LogP contribution in [0.5, 0.6) is 0 Å². The highest BCUT2D eigenvalue weighted by Crippen LogP contribution is 1.96. The molecule has 0 aliphatic carbocycles. The molecule has 0 radical (unpaired) electrons. The Bertz CT molecular complexity index is 295. The van der Waals surface area contributed by atoms with Crippen molar-refractivity contribution in [3.05, 3.63) is 34.0 Å². The van der Waals surface area contributed by atoms with E-state index in [4.69, 9.17) is 5.73 Å². The minimum atomic E-state index is -0.610. The van der Waals surface area contributed by atoms with E-state index in [2.05, 4.69) is 0 Å². The number of pyridine rings is 1. The van der Waals surface area contributed by atoms with Crippen molar-refractivity contribution in [2.24, 2.45) is 5.73 Å². The predicted molar refractivity (Wildman–Crippen MR) is 39.8 cm³/mol. The molecule has 0 aromatic carbocycles. The molecule has 0 amide bonds. The van der Waals surface area contributed by atoms with E-state index in [9.17, 15) is 9.18 Å². The zero-order valence-electron chi connectivity index (χ0n) is 5.93. The van der Waals surface area contributed by atoms with Gasteiger partial charge in [-0.25, -0.2) is 0 Å². The molecular weight excluding hydrogens is 147 g/mol. The molecule has 0 fully saturated rings. The van der Waals surface area contributed by atoms with Gasteiger partial charge in [0.05, 0.1) is 0 Å². The fraction of sp³-hybridized carbons (Fsp3) is 0.286. The molecule has 3 nitrogen and oxygen atoms in total. The van der Waals surface area contributed by atoms with Crippen LogP contribution in [0.2, 0.25) is 0 Å². The first-order chi connectivity index (χ1) is 5.22. The summed E-state index contributed by atoms with van der Waals surface area (Å²) in [7, 11) is 0. The highest BCUT2D eigenvalue weighted by molar-refractivity contribution is 5.11. The molecule has 0 spiro atoms. The van der Waals surface area contributed by atoms with Crippen LogP contribution in [0.15, 0.2) is 16.9 Å². The van der Waals surface area contributed by atoms with Crippen LogP contribution in [-0.4, -0.2) is 11.5 Å². The number of H-pyrrole nitrogens is 1. The van der Waals surface area contributed by atoms with E-state index in [1.54, 1.807) is 0 Å². The van der Waals surface area contributed by atoms with Crippen LogP contribution >= 0.6 is 0 Å². The minimum Gasteiger partial charge on any atom is -0.330 e. The average Bonchev–Trinajstić information content (AvgIpc) is 1.85. The molecule has 3 N–H and O–H groups in total. The number of aromatic amines is 1. The van der Waals surface area contributed by atoms with Crippen LogP contribution < -0.4 is 11.3 Å². The van der Waals surface area contributed by atoms with Gasteiger partial charge in [0, 0.05) is 6.07 Å². The molecule has 0 unspecified atom stereocenters. The summed E-state index contributed by atoms with van der Waals surface area (Å²) >= 11 is 0. The van der Waals surface area contributed by atoms with Crippen LogP contribution in [-0.2, 0) is 6.42 Å². The molecule has 0 aliphatic rings. The van der Waals surface area contributed by atoms with Gasteiger partial charge >= 0.3 is 0 Å². The van der Waals surface area contributed by atoms with E-state index in [0.29, 0.717) is 18.5 Å². The zero-order chi connectivity index (χ0) is 8.27. The Morgan fingerprint density at radius 3 is 2.82 bits per heavy atom. The Hall–Kier alpha value is -1.16. The maximum atomic E-state index is 12.5. The molecule has 0 aliphatic heterocycles. The standard InChI is InChI=1S/C7H9FN2O/c8-6-3-5(1-2-9)4-7(11)10-6/h3-4H,1-2,9H2,(H,10,11). The van der Waals surface area contributed by atoms with Crippen molar-refractivity contribution in [3.63, 3.8) is 0 Å². The lowest BCUT2D eigenvalue weighted by atomic mass is 10.2. The van der Waals surface area contributed by atoms with Gasteiger partial charge < -0.3 is 5.73 Å². The molecule has 1 aromatic heterocycles. The number of hydrogen-bond donors (Lipinski definition) is 2. The van der Waals surface area contributed by atoms with Crippen molar-refractivity contribution < 1.29 is 4.39 Å². The Morgan fingerprint density at radius 2 is 2.27 bits per heavy atom. The Kier molecular flexibility index (Phi) is 2.38. The highest BCUT2D eigenvalue weighted by Gasteiger charge is 1.96. The van der Waals surface area contributed by atoms with E-state index >= 15 is 0 Å². The normalized spacial score (nSPS) is 10.0. The zero-order valence-corrected chi connectivity index (χ0v) is 5.93. The number of rotatable bonds is 2. The van der Waals surface area contributed by atoms with Crippen LogP contribution in [0.1, 0.15) is 5.56 Å². The first kappa shape index (κ1) is 7.94. The van der Waals surface area contributed by atoms with E-state index in [-0.39, 0.29) is 0 Å². The number of nitrogens with one attached hydrogen (secondary N) is 1. The molecule has 0 saturated heterocycles. The summed E-state index contributed by atoms with van der Waals surface area (Å²) in [4.78, 5) is 12.7. The third-order valence-corrected chi connectivity index (χ3v) is 1.30. The number of nitrogens with two attached hydrogens (primary N) is 1. The van der Waals surface area contributed by atoms with Gasteiger partial charge in [-0.3, -0.25) is 9.78 Å². The maximum Gasteiger partial charge on any atom is 0.250 e. The second-order valence-electron chi connectivity index (χ2n) is 2.24. The molecule has 60 valence electrons. The molecule has 0 saturated carbocycles. The van der Waals surface area contributed by atoms with Crippen LogP contribution in [0.25, 0.3) is 0 Å². The van der Waals surface area contributed by atoms with E-state index in [1.807, 2.05) is 4.98 Å². The van der Waals surface area contributed by atoms with Gasteiger partial charge in [-0.15, -0.1) is 0 Å². The summed E-state index contributed by atoms with van der Waals surface area (Å²) in [6.45, 7) is 0.420. The molecule has 0 bridgehead atoms. The van der Waals surface area contributed by atoms with E-state index < -0.39 is 11.5 Å². The topological polar surface area (TPSA) is 58.9 Å². The predicted octanol–water partition coefficient (Wildman–Crippen LogP) is 0.0152. The largest absolute Gasteiger partial charge is 0.330 e. The maximum absolute atomic E-state index is 12.5. The first-order valence-corrected chi connectivity index (χ1v) is 3.31. The quantitative estimate of drug-likeness (QED) is 0.593. The lowest BCUT2D eigenvalue weighted by Gasteiger charge is -1.95. The van der Waals surface area contributed by atoms with Crippen molar-refractivity contribution in [1.82, 2.24) is 4.98 Å². The molecule has 0 atom stereocenters. The Balaban J connectivity index is 2.99. The molecule has 1 aromatic rings. The minimum absolute atomic E-state index is 0.420. The SMILES string of the molecule is NCCc1cc(F)[nH]c(=O)c1. The molecular formula is C7H9FN2O. The van der Waals surface area contributed by atoms with Gasteiger partial charge in [0.25, 0.3) is 0 Å². The van der Waals surface area contributed by atoms with Gasteiger partial charge in [0.1, 0.15) is 0 Å². The van der Waals surface area contributed by atoms with Crippen LogP contribution in [0, 0.1) is 5.95 Å². The van der Waals surface area contributed by atoms with Crippen molar-refractivity contribution in [3.8, 4) is 0 Å². The van der Waals surface area contributed by atoms with Gasteiger partial charge in [0.15, 0.2) is 5.95 Å². The molecule has 1 rings (SSSR count). The van der Waals surface area contributed by atoms with Crippen LogP contribution in [0.3, 0.4) is 0 Å². The van der Waals surface area contributed by atoms with Gasteiger partial charge in [-0.1, -0.05) is 0 Å². The van der Waals surface area contributed by atoms with Gasteiger partial charge in [0.2, 0.25) is 5.56 Å². The fourth-order valence-electron chi connectivity index (χ4n) is 0.874. The Labute approximate surface area is 63.0 Å². The third-order valence-electron chi connectivity index (χ3n) is 1.30. The van der Waals surface area contributed by atoms with Gasteiger partial charge in [-0.2, -0.15) is 4.39 Å². The van der Waals surface area contributed by atoms with Crippen LogP contribution in [0.4, 0.5) is 4.39 Å². The van der Waals surface area contributed by atoms with Crippen molar-refractivity contribution >= 4 is 0 Å². The van der Waals surface area contributed by atoms with Crippen molar-refractivity contribution in [2.75, 3.05) is 6.54 Å². The average molecular weight is 156 g/mol. The summed E-state index contributed by atoms with van der Waals surface area (Å²) in [5, 5.41) is 0. The lowest BCUT2D eigenvalue weighted by molar-refractivity contribution is 0.577. The number of aromatic nitrogens is 1. The van der Waals surface area contributed by atoms with Crippen molar-refractivity contribution in [2.45, 2.75) is 6.42 Å². The summed E-state index contributed by atoms with van der Waals surface area (Å²) < 4.78 is 12.5. The summed E-state index contributed by atoms with van der Waals surface area (Å²) in [5.74, 6) is -0.610. The van der Waals surface area contributed by atoms with Gasteiger partial charge in [-0.05, 0) is 24.6 Å². The number of hydrogen-bond acceptors (Lipinski definition) is 2. The molecule has 1 heterocycles.